The summed E-state index contributed by atoms with van der Waals surface area (Å²) in [7, 11) is 0. The van der Waals surface area contributed by atoms with E-state index in [1.165, 1.54) is 0 Å². The van der Waals surface area contributed by atoms with E-state index in [1.54, 1.807) is 19.1 Å². The zero-order valence-corrected chi connectivity index (χ0v) is 11.8. The van der Waals surface area contributed by atoms with Crippen molar-refractivity contribution in [3.05, 3.63) is 23.8 Å². The number of nitrogens with zero attached hydrogens (tertiary/aromatic N) is 1. The standard InChI is InChI=1S/C14H20N4O2/c1-9-11(15)4-3-5-12(9)17-13(19)8-18-7-6-16-14(20)10(18)2/h3-5,10H,6-8,15H2,1-2H3,(H,16,20)(H,17,19). The van der Waals surface area contributed by atoms with Crippen LogP contribution in [0.15, 0.2) is 18.2 Å². The molecule has 1 saturated heterocycles. The Labute approximate surface area is 118 Å². The molecule has 0 saturated carbocycles. The van der Waals surface area contributed by atoms with Crippen LogP contribution in [0.1, 0.15) is 12.5 Å². The molecule has 4 N–H and O–H groups in total. The number of rotatable bonds is 3. The highest BCUT2D eigenvalue weighted by molar-refractivity contribution is 5.94. The molecule has 6 heteroatoms. The van der Waals surface area contributed by atoms with E-state index in [1.807, 2.05) is 17.9 Å². The van der Waals surface area contributed by atoms with E-state index in [4.69, 9.17) is 5.73 Å². The zero-order valence-electron chi connectivity index (χ0n) is 11.8. The summed E-state index contributed by atoms with van der Waals surface area (Å²) >= 11 is 0. The molecule has 2 amide bonds. The average molecular weight is 276 g/mol. The summed E-state index contributed by atoms with van der Waals surface area (Å²) in [4.78, 5) is 25.5. The molecule has 1 unspecified atom stereocenters. The lowest BCUT2D eigenvalue weighted by molar-refractivity contribution is -0.129. The van der Waals surface area contributed by atoms with Gasteiger partial charge >= 0.3 is 0 Å². The highest BCUT2D eigenvalue weighted by Crippen LogP contribution is 2.20. The summed E-state index contributed by atoms with van der Waals surface area (Å²) in [6.45, 7) is 5.11. The summed E-state index contributed by atoms with van der Waals surface area (Å²) in [6.07, 6.45) is 0. The SMILES string of the molecule is Cc1c(N)cccc1NC(=O)CN1CCNC(=O)C1C. The van der Waals surface area contributed by atoms with Crippen LogP contribution in [0.5, 0.6) is 0 Å². The second-order valence-corrected chi connectivity index (χ2v) is 5.01. The molecule has 1 heterocycles. The van der Waals surface area contributed by atoms with Gasteiger partial charge < -0.3 is 16.4 Å². The Morgan fingerprint density at radius 1 is 1.55 bits per heavy atom. The van der Waals surface area contributed by atoms with Crippen molar-refractivity contribution in [2.24, 2.45) is 0 Å². The largest absolute Gasteiger partial charge is 0.398 e. The third-order valence-electron chi connectivity index (χ3n) is 3.62. The van der Waals surface area contributed by atoms with Gasteiger partial charge in [-0.1, -0.05) is 6.07 Å². The first-order chi connectivity index (χ1) is 9.49. The van der Waals surface area contributed by atoms with Crippen LogP contribution in [-0.4, -0.2) is 42.4 Å². The van der Waals surface area contributed by atoms with Gasteiger partial charge in [-0.2, -0.15) is 0 Å². The van der Waals surface area contributed by atoms with Gasteiger partial charge in [-0.3, -0.25) is 14.5 Å². The molecule has 0 bridgehead atoms. The molecule has 0 aliphatic carbocycles. The molecule has 1 aliphatic heterocycles. The average Bonchev–Trinajstić information content (AvgIpc) is 2.40. The number of nitrogens with one attached hydrogen (secondary N) is 2. The van der Waals surface area contributed by atoms with Crippen LogP contribution >= 0.6 is 0 Å². The van der Waals surface area contributed by atoms with Crippen molar-refractivity contribution in [1.82, 2.24) is 10.2 Å². The molecule has 1 atom stereocenters. The second-order valence-electron chi connectivity index (χ2n) is 5.01. The van der Waals surface area contributed by atoms with Crippen molar-refractivity contribution < 1.29 is 9.59 Å². The Hall–Kier alpha value is -2.08. The number of hydrogen-bond acceptors (Lipinski definition) is 4. The van der Waals surface area contributed by atoms with E-state index in [0.717, 1.165) is 5.56 Å². The van der Waals surface area contributed by atoms with Crippen molar-refractivity contribution in [2.75, 3.05) is 30.7 Å². The molecule has 0 radical (unpaired) electrons. The Morgan fingerprint density at radius 2 is 2.30 bits per heavy atom. The monoisotopic (exact) mass is 276 g/mol. The lowest BCUT2D eigenvalue weighted by Gasteiger charge is -2.32. The van der Waals surface area contributed by atoms with Crippen molar-refractivity contribution in [3.63, 3.8) is 0 Å². The molecule has 1 aliphatic rings. The van der Waals surface area contributed by atoms with Crippen molar-refractivity contribution in [2.45, 2.75) is 19.9 Å². The van der Waals surface area contributed by atoms with Gasteiger partial charge in [-0.15, -0.1) is 0 Å². The minimum absolute atomic E-state index is 0.0378. The Kier molecular flexibility index (Phi) is 4.24. The molecule has 1 aromatic carbocycles. The number of carbonyl (C=O) groups is 2. The topological polar surface area (TPSA) is 87.5 Å². The molecule has 20 heavy (non-hydrogen) atoms. The van der Waals surface area contributed by atoms with Gasteiger partial charge in [-0.05, 0) is 31.5 Å². The van der Waals surface area contributed by atoms with Gasteiger partial charge in [-0.25, -0.2) is 0 Å². The van der Waals surface area contributed by atoms with E-state index in [9.17, 15) is 9.59 Å². The van der Waals surface area contributed by atoms with E-state index in [0.29, 0.717) is 24.5 Å². The quantitative estimate of drug-likeness (QED) is 0.695. The van der Waals surface area contributed by atoms with Crippen molar-refractivity contribution >= 4 is 23.2 Å². The normalized spacial score (nSPS) is 19.5. The third-order valence-corrected chi connectivity index (χ3v) is 3.62. The van der Waals surface area contributed by atoms with E-state index < -0.39 is 0 Å². The van der Waals surface area contributed by atoms with E-state index in [2.05, 4.69) is 10.6 Å². The van der Waals surface area contributed by atoms with Crippen LogP contribution < -0.4 is 16.4 Å². The van der Waals surface area contributed by atoms with Gasteiger partial charge in [0.15, 0.2) is 0 Å². The number of hydrogen-bond donors (Lipinski definition) is 3. The van der Waals surface area contributed by atoms with Gasteiger partial charge in [0.2, 0.25) is 11.8 Å². The minimum atomic E-state index is -0.281. The van der Waals surface area contributed by atoms with Crippen LogP contribution in [0.4, 0.5) is 11.4 Å². The number of nitrogen functional groups attached to an aromatic ring is 1. The number of anilines is 2. The smallest absolute Gasteiger partial charge is 0.238 e. The highest BCUT2D eigenvalue weighted by Gasteiger charge is 2.26. The Morgan fingerprint density at radius 3 is 3.05 bits per heavy atom. The predicted molar refractivity (Wildman–Crippen MR) is 78.3 cm³/mol. The maximum atomic E-state index is 12.1. The molecular formula is C14H20N4O2. The molecule has 0 spiro atoms. The summed E-state index contributed by atoms with van der Waals surface area (Å²) in [5.41, 5.74) is 8.02. The highest BCUT2D eigenvalue weighted by atomic mass is 16.2. The minimum Gasteiger partial charge on any atom is -0.398 e. The maximum Gasteiger partial charge on any atom is 0.238 e. The van der Waals surface area contributed by atoms with Crippen LogP contribution in [0, 0.1) is 6.92 Å². The van der Waals surface area contributed by atoms with Crippen molar-refractivity contribution in [3.8, 4) is 0 Å². The van der Waals surface area contributed by atoms with Crippen molar-refractivity contribution in [1.29, 1.82) is 0 Å². The number of piperazine rings is 1. The number of amides is 2. The van der Waals surface area contributed by atoms with Crippen LogP contribution in [-0.2, 0) is 9.59 Å². The maximum absolute atomic E-state index is 12.1. The Balaban J connectivity index is 1.99. The third kappa shape index (κ3) is 3.08. The number of benzene rings is 1. The zero-order chi connectivity index (χ0) is 14.7. The van der Waals surface area contributed by atoms with Gasteiger partial charge in [0, 0.05) is 24.5 Å². The summed E-state index contributed by atoms with van der Waals surface area (Å²) in [6, 6.07) is 5.13. The fraction of sp³-hybridized carbons (Fsp3) is 0.429. The van der Waals surface area contributed by atoms with Crippen LogP contribution in [0.3, 0.4) is 0 Å². The van der Waals surface area contributed by atoms with E-state index >= 15 is 0 Å². The van der Waals surface area contributed by atoms with Gasteiger partial charge in [0.25, 0.3) is 0 Å². The van der Waals surface area contributed by atoms with E-state index in [-0.39, 0.29) is 24.4 Å². The molecule has 1 aromatic rings. The van der Waals surface area contributed by atoms with Gasteiger partial charge in [0.1, 0.15) is 0 Å². The first-order valence-electron chi connectivity index (χ1n) is 6.65. The summed E-state index contributed by atoms with van der Waals surface area (Å²) < 4.78 is 0. The second kappa shape index (κ2) is 5.92. The fourth-order valence-corrected chi connectivity index (χ4v) is 2.21. The summed E-state index contributed by atoms with van der Waals surface area (Å²) in [5, 5.41) is 5.61. The summed E-state index contributed by atoms with van der Waals surface area (Å²) in [5.74, 6) is -0.176. The first kappa shape index (κ1) is 14.3. The van der Waals surface area contributed by atoms with Crippen LogP contribution in [0.25, 0.3) is 0 Å². The number of carbonyl (C=O) groups excluding carboxylic acids is 2. The fourth-order valence-electron chi connectivity index (χ4n) is 2.21. The molecular weight excluding hydrogens is 256 g/mol. The molecule has 0 aromatic heterocycles. The number of nitrogens with two attached hydrogens (primary N) is 1. The Bertz CT molecular complexity index is 530. The lowest BCUT2D eigenvalue weighted by atomic mass is 10.1. The molecule has 108 valence electrons. The van der Waals surface area contributed by atoms with Crippen LogP contribution in [0.2, 0.25) is 0 Å². The molecule has 6 nitrogen and oxygen atoms in total. The first-order valence-corrected chi connectivity index (χ1v) is 6.65. The molecule has 2 rings (SSSR count). The lowest BCUT2D eigenvalue weighted by Crippen LogP contribution is -2.55. The molecule has 1 fully saturated rings. The van der Waals surface area contributed by atoms with Gasteiger partial charge in [0.05, 0.1) is 12.6 Å². The predicted octanol–water partition coefficient (Wildman–Crippen LogP) is 0.336.